The average molecular weight is 458 g/mol. The molecule has 9 heteroatoms. The molecule has 8 nitrogen and oxygen atoms in total. The highest BCUT2D eigenvalue weighted by Gasteiger charge is 2.34. The van der Waals surface area contributed by atoms with E-state index in [0.29, 0.717) is 35.6 Å². The molecule has 2 aromatic carbocycles. The van der Waals surface area contributed by atoms with Crippen molar-refractivity contribution < 1.29 is 22.7 Å². The Balaban J connectivity index is 1.89. The lowest BCUT2D eigenvalue weighted by atomic mass is 9.95. The maximum absolute atomic E-state index is 13.6. The van der Waals surface area contributed by atoms with Crippen molar-refractivity contribution in [1.82, 2.24) is 4.31 Å². The Kier molecular flexibility index (Phi) is 7.72. The van der Waals surface area contributed by atoms with Crippen LogP contribution in [0.3, 0.4) is 0 Å². The van der Waals surface area contributed by atoms with E-state index < -0.39 is 15.9 Å². The van der Waals surface area contributed by atoms with Crippen molar-refractivity contribution in [2.24, 2.45) is 0 Å². The van der Waals surface area contributed by atoms with Gasteiger partial charge in [-0.25, -0.2) is 8.42 Å². The van der Waals surface area contributed by atoms with Gasteiger partial charge in [-0.1, -0.05) is 25.3 Å². The summed E-state index contributed by atoms with van der Waals surface area (Å²) < 4.78 is 39.0. The molecule has 0 atom stereocenters. The number of ether oxygens (including phenoxy) is 2. The van der Waals surface area contributed by atoms with Crippen molar-refractivity contribution in [1.29, 1.82) is 5.26 Å². The molecule has 1 fully saturated rings. The fraction of sp³-hybridized carbons (Fsp3) is 0.391. The fourth-order valence-electron chi connectivity index (χ4n) is 3.90. The quantitative estimate of drug-likeness (QED) is 0.649. The normalized spacial score (nSPS) is 14.6. The third kappa shape index (κ3) is 5.39. The second kappa shape index (κ2) is 10.5. The number of sulfonamides is 1. The predicted octanol–water partition coefficient (Wildman–Crippen LogP) is 3.54. The second-order valence-corrected chi connectivity index (χ2v) is 9.49. The molecule has 0 heterocycles. The van der Waals surface area contributed by atoms with Crippen molar-refractivity contribution >= 4 is 21.6 Å². The summed E-state index contributed by atoms with van der Waals surface area (Å²) in [5, 5.41) is 11.8. The van der Waals surface area contributed by atoms with Gasteiger partial charge < -0.3 is 14.8 Å². The minimum Gasteiger partial charge on any atom is -0.493 e. The Labute approximate surface area is 188 Å². The molecule has 0 bridgehead atoms. The maximum atomic E-state index is 13.6. The summed E-state index contributed by atoms with van der Waals surface area (Å²) in [5.74, 6) is 0.260. The summed E-state index contributed by atoms with van der Waals surface area (Å²) in [6.45, 7) is -0.321. The molecular weight excluding hydrogens is 430 g/mol. The second-order valence-electron chi connectivity index (χ2n) is 7.60. The molecule has 32 heavy (non-hydrogen) atoms. The summed E-state index contributed by atoms with van der Waals surface area (Å²) in [5.41, 5.74) is 0.853. The van der Waals surface area contributed by atoms with Gasteiger partial charge in [0.25, 0.3) is 0 Å². The topological polar surface area (TPSA) is 109 Å². The number of carbonyl (C=O) groups excluding carboxylic acids is 1. The van der Waals surface area contributed by atoms with Crippen molar-refractivity contribution in [3.63, 3.8) is 0 Å². The third-order valence-corrected chi connectivity index (χ3v) is 7.41. The summed E-state index contributed by atoms with van der Waals surface area (Å²) in [7, 11) is -1.06. The molecule has 1 saturated carbocycles. The molecule has 3 rings (SSSR count). The minimum atomic E-state index is -3.97. The zero-order valence-electron chi connectivity index (χ0n) is 18.2. The first-order valence-electron chi connectivity index (χ1n) is 10.4. The number of benzene rings is 2. The lowest BCUT2D eigenvalue weighted by Gasteiger charge is -2.33. The number of hydrogen-bond acceptors (Lipinski definition) is 6. The lowest BCUT2D eigenvalue weighted by Crippen LogP contribution is -2.45. The maximum Gasteiger partial charge on any atom is 0.243 e. The Morgan fingerprint density at radius 3 is 2.47 bits per heavy atom. The lowest BCUT2D eigenvalue weighted by molar-refractivity contribution is -0.116. The van der Waals surface area contributed by atoms with Crippen LogP contribution in [0, 0.1) is 11.3 Å². The molecule has 170 valence electrons. The van der Waals surface area contributed by atoms with Crippen molar-refractivity contribution in [2.45, 2.75) is 43.0 Å². The Bertz CT molecular complexity index is 1100. The zero-order valence-corrected chi connectivity index (χ0v) is 19.0. The summed E-state index contributed by atoms with van der Waals surface area (Å²) in [6, 6.07) is 12.7. The number of hydrogen-bond donors (Lipinski definition) is 1. The molecule has 0 aromatic heterocycles. The minimum absolute atomic E-state index is 0.0417. The Hall–Kier alpha value is -3.09. The van der Waals surface area contributed by atoms with Crippen LogP contribution in [-0.2, 0) is 14.8 Å². The van der Waals surface area contributed by atoms with Gasteiger partial charge in [0.2, 0.25) is 15.9 Å². The fourth-order valence-corrected chi connectivity index (χ4v) is 5.56. The molecule has 0 aliphatic heterocycles. The smallest absolute Gasteiger partial charge is 0.243 e. The van der Waals surface area contributed by atoms with Crippen LogP contribution in [0.5, 0.6) is 11.5 Å². The first kappa shape index (κ1) is 23.6. The van der Waals surface area contributed by atoms with Gasteiger partial charge in [0, 0.05) is 17.8 Å². The van der Waals surface area contributed by atoms with Crippen LogP contribution in [0.25, 0.3) is 0 Å². The van der Waals surface area contributed by atoms with E-state index in [1.54, 1.807) is 24.3 Å². The van der Waals surface area contributed by atoms with Gasteiger partial charge in [0.15, 0.2) is 11.5 Å². The van der Waals surface area contributed by atoms with Crippen LogP contribution >= 0.6 is 0 Å². The van der Waals surface area contributed by atoms with Gasteiger partial charge in [-0.15, -0.1) is 0 Å². The molecule has 0 unspecified atom stereocenters. The van der Waals surface area contributed by atoms with Crippen molar-refractivity contribution in [3.8, 4) is 17.6 Å². The van der Waals surface area contributed by atoms with E-state index >= 15 is 0 Å². The molecule has 1 aliphatic carbocycles. The van der Waals surface area contributed by atoms with Gasteiger partial charge in [0.05, 0.1) is 37.3 Å². The number of rotatable bonds is 8. The molecule has 1 amide bonds. The zero-order chi connectivity index (χ0) is 23.1. The number of methoxy groups -OCH3 is 2. The molecule has 1 N–H and O–H groups in total. The number of nitrogens with zero attached hydrogens (tertiary/aromatic N) is 2. The molecule has 0 radical (unpaired) electrons. The van der Waals surface area contributed by atoms with Gasteiger partial charge >= 0.3 is 0 Å². The van der Waals surface area contributed by atoms with E-state index in [0.717, 1.165) is 19.3 Å². The van der Waals surface area contributed by atoms with Gasteiger partial charge in [-0.05, 0) is 43.2 Å². The van der Waals surface area contributed by atoms with Crippen LogP contribution < -0.4 is 14.8 Å². The molecule has 2 aromatic rings. The first-order valence-corrected chi connectivity index (χ1v) is 11.9. The number of nitriles is 1. The van der Waals surface area contributed by atoms with Crippen LogP contribution in [0.4, 0.5) is 5.69 Å². The van der Waals surface area contributed by atoms with Gasteiger partial charge in [0.1, 0.15) is 0 Å². The summed E-state index contributed by atoms with van der Waals surface area (Å²) in [4.78, 5) is 12.9. The number of carbonyl (C=O) groups is 1. The van der Waals surface area contributed by atoms with E-state index in [1.807, 2.05) is 6.07 Å². The van der Waals surface area contributed by atoms with Crippen LogP contribution in [0.2, 0.25) is 0 Å². The van der Waals surface area contributed by atoms with E-state index in [4.69, 9.17) is 14.7 Å². The standard InChI is InChI=1S/C23H27N3O5S/c1-30-21-12-11-20(14-22(21)31-2)32(28,29)26(19-9-4-3-5-10-19)16-23(27)25-18-8-6-7-17(13-18)15-24/h6-8,11-14,19H,3-5,9-10,16H2,1-2H3,(H,25,27). The van der Waals surface area contributed by atoms with E-state index in [9.17, 15) is 13.2 Å². The third-order valence-electron chi connectivity index (χ3n) is 5.52. The number of anilines is 1. The Morgan fingerprint density at radius 1 is 1.09 bits per heavy atom. The number of amides is 1. The summed E-state index contributed by atoms with van der Waals surface area (Å²) >= 11 is 0. The van der Waals surface area contributed by atoms with Crippen LogP contribution in [0.1, 0.15) is 37.7 Å². The van der Waals surface area contributed by atoms with E-state index in [-0.39, 0.29) is 17.5 Å². The molecule has 0 saturated heterocycles. The highest BCUT2D eigenvalue weighted by Crippen LogP contribution is 2.33. The predicted molar refractivity (Wildman–Crippen MR) is 120 cm³/mol. The number of nitrogens with one attached hydrogen (secondary N) is 1. The van der Waals surface area contributed by atoms with Crippen LogP contribution in [0.15, 0.2) is 47.4 Å². The largest absolute Gasteiger partial charge is 0.493 e. The van der Waals surface area contributed by atoms with E-state index in [2.05, 4.69) is 5.32 Å². The highest BCUT2D eigenvalue weighted by atomic mass is 32.2. The summed E-state index contributed by atoms with van der Waals surface area (Å²) in [6.07, 6.45) is 4.27. The highest BCUT2D eigenvalue weighted by molar-refractivity contribution is 7.89. The van der Waals surface area contributed by atoms with E-state index in [1.165, 1.54) is 36.7 Å². The van der Waals surface area contributed by atoms with Crippen molar-refractivity contribution in [2.75, 3.05) is 26.1 Å². The van der Waals surface area contributed by atoms with Crippen molar-refractivity contribution in [3.05, 3.63) is 48.0 Å². The van der Waals surface area contributed by atoms with Gasteiger partial charge in [-0.2, -0.15) is 9.57 Å². The van der Waals surface area contributed by atoms with Crippen LogP contribution in [-0.4, -0.2) is 45.4 Å². The first-order chi connectivity index (χ1) is 15.4. The van der Waals surface area contributed by atoms with Gasteiger partial charge in [-0.3, -0.25) is 4.79 Å². The SMILES string of the molecule is COc1ccc(S(=O)(=O)N(CC(=O)Nc2cccc(C#N)c2)C2CCCCC2)cc1OC. The monoisotopic (exact) mass is 457 g/mol. The molecule has 1 aliphatic rings. The Morgan fingerprint density at radius 2 is 1.81 bits per heavy atom. The molecule has 0 spiro atoms. The average Bonchev–Trinajstić information content (AvgIpc) is 2.82. The molecular formula is C23H27N3O5S.